The Bertz CT molecular complexity index is 1090. The van der Waals surface area contributed by atoms with Crippen LogP contribution in [-0.2, 0) is 19.6 Å². The molecule has 0 spiro atoms. The third-order valence-corrected chi connectivity index (χ3v) is 7.84. The van der Waals surface area contributed by atoms with Gasteiger partial charge in [0.05, 0.1) is 4.90 Å². The number of hydrogen-bond donors (Lipinski definition) is 2. The van der Waals surface area contributed by atoms with Gasteiger partial charge in [-0.3, -0.25) is 9.59 Å². The van der Waals surface area contributed by atoms with Gasteiger partial charge in [0.15, 0.2) is 0 Å². The highest BCUT2D eigenvalue weighted by molar-refractivity contribution is 7.89. The second-order valence-electron chi connectivity index (χ2n) is 8.17. The van der Waals surface area contributed by atoms with E-state index >= 15 is 0 Å². The highest BCUT2D eigenvalue weighted by Gasteiger charge is 2.33. The van der Waals surface area contributed by atoms with Gasteiger partial charge in [-0.1, -0.05) is 35.4 Å². The molecule has 1 unspecified atom stereocenters. The number of halogens is 1. The van der Waals surface area contributed by atoms with Crippen LogP contribution in [-0.4, -0.2) is 43.7 Å². The van der Waals surface area contributed by atoms with Crippen molar-refractivity contribution < 1.29 is 18.0 Å². The quantitative estimate of drug-likeness (QED) is 0.665. The van der Waals surface area contributed by atoms with Crippen molar-refractivity contribution in [3.63, 3.8) is 0 Å². The lowest BCUT2D eigenvalue weighted by Gasteiger charge is -2.31. The van der Waals surface area contributed by atoms with Crippen LogP contribution in [0.2, 0.25) is 5.02 Å². The molecule has 0 saturated carbocycles. The van der Waals surface area contributed by atoms with Crippen LogP contribution in [0.4, 0.5) is 5.69 Å². The Morgan fingerprint density at radius 1 is 1.06 bits per heavy atom. The van der Waals surface area contributed by atoms with Crippen molar-refractivity contribution >= 4 is 39.1 Å². The number of nitrogens with zero attached hydrogens (tertiary/aromatic N) is 1. The van der Waals surface area contributed by atoms with Crippen molar-refractivity contribution in [1.82, 2.24) is 9.62 Å². The predicted molar refractivity (Wildman–Crippen MR) is 125 cm³/mol. The highest BCUT2D eigenvalue weighted by atomic mass is 35.5. The predicted octanol–water partition coefficient (Wildman–Crippen LogP) is 3.50. The van der Waals surface area contributed by atoms with E-state index in [0.29, 0.717) is 23.6 Å². The minimum absolute atomic E-state index is 0.247. The zero-order valence-corrected chi connectivity index (χ0v) is 20.0. The molecule has 2 aromatic carbocycles. The average Bonchev–Trinajstić information content (AvgIpc) is 2.76. The summed E-state index contributed by atoms with van der Waals surface area (Å²) < 4.78 is 27.1. The Labute approximate surface area is 194 Å². The van der Waals surface area contributed by atoms with Gasteiger partial charge in [-0.05, 0) is 63.4 Å². The SMILES string of the molecule is Cc1ccc(S(=O)(=O)N2CCC(C(=O)NC(C)C(=O)Nc3cc(Cl)ccc3C)CC2)cc1. The number of amides is 2. The van der Waals surface area contributed by atoms with Crippen LogP contribution in [0.5, 0.6) is 0 Å². The van der Waals surface area contributed by atoms with Crippen LogP contribution in [0.1, 0.15) is 30.9 Å². The van der Waals surface area contributed by atoms with Gasteiger partial charge >= 0.3 is 0 Å². The van der Waals surface area contributed by atoms with Gasteiger partial charge in [-0.2, -0.15) is 4.31 Å². The summed E-state index contributed by atoms with van der Waals surface area (Å²) in [6.45, 7) is 5.89. The van der Waals surface area contributed by atoms with E-state index in [2.05, 4.69) is 10.6 Å². The molecule has 32 heavy (non-hydrogen) atoms. The van der Waals surface area contributed by atoms with E-state index in [9.17, 15) is 18.0 Å². The Hall–Kier alpha value is -2.42. The van der Waals surface area contributed by atoms with Gasteiger partial charge < -0.3 is 10.6 Å². The molecule has 2 amide bonds. The molecule has 1 fully saturated rings. The number of carbonyl (C=O) groups is 2. The zero-order chi connectivity index (χ0) is 23.5. The lowest BCUT2D eigenvalue weighted by atomic mass is 9.97. The minimum Gasteiger partial charge on any atom is -0.344 e. The molecule has 1 atom stereocenters. The van der Waals surface area contributed by atoms with Crippen molar-refractivity contribution in [2.24, 2.45) is 5.92 Å². The van der Waals surface area contributed by atoms with Crippen LogP contribution in [0, 0.1) is 19.8 Å². The lowest BCUT2D eigenvalue weighted by molar-refractivity contribution is -0.129. The molecule has 1 aliphatic rings. The van der Waals surface area contributed by atoms with Crippen molar-refractivity contribution in [2.75, 3.05) is 18.4 Å². The Morgan fingerprint density at radius 3 is 2.31 bits per heavy atom. The fraction of sp³-hybridized carbons (Fsp3) is 0.391. The third-order valence-electron chi connectivity index (χ3n) is 5.69. The van der Waals surface area contributed by atoms with Gasteiger partial charge in [-0.25, -0.2) is 8.42 Å². The number of sulfonamides is 1. The maximum absolute atomic E-state index is 12.8. The summed E-state index contributed by atoms with van der Waals surface area (Å²) in [7, 11) is -3.58. The highest BCUT2D eigenvalue weighted by Crippen LogP contribution is 2.25. The van der Waals surface area contributed by atoms with Crippen molar-refractivity contribution in [1.29, 1.82) is 0 Å². The van der Waals surface area contributed by atoms with E-state index in [-0.39, 0.29) is 35.7 Å². The summed E-state index contributed by atoms with van der Waals surface area (Å²) in [5, 5.41) is 6.03. The molecule has 2 aromatic rings. The lowest BCUT2D eigenvalue weighted by Crippen LogP contribution is -2.47. The number of anilines is 1. The van der Waals surface area contributed by atoms with Gasteiger partial charge in [0.25, 0.3) is 0 Å². The number of piperidine rings is 1. The maximum Gasteiger partial charge on any atom is 0.246 e. The molecule has 0 aliphatic carbocycles. The summed E-state index contributed by atoms with van der Waals surface area (Å²) in [5.74, 6) is -0.937. The van der Waals surface area contributed by atoms with Crippen molar-refractivity contribution in [2.45, 2.75) is 44.6 Å². The summed E-state index contributed by atoms with van der Waals surface area (Å²) in [6.07, 6.45) is 0.803. The van der Waals surface area contributed by atoms with Gasteiger partial charge in [0.1, 0.15) is 6.04 Å². The normalized spacial score (nSPS) is 16.4. The average molecular weight is 478 g/mol. The molecule has 9 heteroatoms. The molecule has 7 nitrogen and oxygen atoms in total. The number of benzene rings is 2. The van der Waals surface area contributed by atoms with Crippen LogP contribution < -0.4 is 10.6 Å². The second-order valence-corrected chi connectivity index (χ2v) is 10.5. The monoisotopic (exact) mass is 477 g/mol. The van der Waals surface area contributed by atoms with Crippen LogP contribution in [0.15, 0.2) is 47.4 Å². The number of carbonyl (C=O) groups excluding carboxylic acids is 2. The third kappa shape index (κ3) is 5.68. The molecule has 0 bridgehead atoms. The Balaban J connectivity index is 1.54. The second kappa shape index (κ2) is 10.0. The molecular formula is C23H28ClN3O4S. The number of hydrogen-bond acceptors (Lipinski definition) is 4. The minimum atomic E-state index is -3.58. The van der Waals surface area contributed by atoms with E-state index in [1.807, 2.05) is 13.8 Å². The molecular weight excluding hydrogens is 450 g/mol. The first kappa shape index (κ1) is 24.2. The number of nitrogens with one attached hydrogen (secondary N) is 2. The fourth-order valence-corrected chi connectivity index (χ4v) is 5.23. The van der Waals surface area contributed by atoms with Crippen LogP contribution in [0.25, 0.3) is 0 Å². The standard InChI is InChI=1S/C23H28ClN3O4S/c1-15-4-8-20(9-5-15)32(30,31)27-12-10-18(11-13-27)23(29)25-17(3)22(28)26-21-14-19(24)7-6-16(21)2/h4-9,14,17-18H,10-13H2,1-3H3,(H,25,29)(H,26,28). The van der Waals surface area contributed by atoms with Gasteiger partial charge in [-0.15, -0.1) is 0 Å². The van der Waals surface area contributed by atoms with E-state index < -0.39 is 16.1 Å². The molecule has 1 saturated heterocycles. The molecule has 0 radical (unpaired) electrons. The molecule has 1 aliphatic heterocycles. The summed E-state index contributed by atoms with van der Waals surface area (Å²) in [6, 6.07) is 11.2. The largest absolute Gasteiger partial charge is 0.344 e. The molecule has 0 aromatic heterocycles. The van der Waals surface area contributed by atoms with Crippen LogP contribution >= 0.6 is 11.6 Å². The number of rotatable bonds is 6. The molecule has 1 heterocycles. The first-order valence-corrected chi connectivity index (χ1v) is 12.3. The first-order chi connectivity index (χ1) is 15.1. The van der Waals surface area contributed by atoms with E-state index in [4.69, 9.17) is 11.6 Å². The summed E-state index contributed by atoms with van der Waals surface area (Å²) in [4.78, 5) is 25.4. The molecule has 2 N–H and O–H groups in total. The number of aryl methyl sites for hydroxylation is 2. The van der Waals surface area contributed by atoms with E-state index in [1.165, 1.54) is 4.31 Å². The molecule has 3 rings (SSSR count). The van der Waals surface area contributed by atoms with Crippen molar-refractivity contribution in [3.05, 3.63) is 58.6 Å². The van der Waals surface area contributed by atoms with E-state index in [1.54, 1.807) is 49.4 Å². The first-order valence-electron chi connectivity index (χ1n) is 10.5. The fourth-order valence-electron chi connectivity index (χ4n) is 3.58. The van der Waals surface area contributed by atoms with Gasteiger partial charge in [0, 0.05) is 29.7 Å². The summed E-state index contributed by atoms with van der Waals surface area (Å²) in [5.41, 5.74) is 2.45. The van der Waals surface area contributed by atoms with Gasteiger partial charge in [0.2, 0.25) is 21.8 Å². The van der Waals surface area contributed by atoms with E-state index in [0.717, 1.165) is 11.1 Å². The molecule has 172 valence electrons. The maximum atomic E-state index is 12.8. The van der Waals surface area contributed by atoms with Crippen molar-refractivity contribution in [3.8, 4) is 0 Å². The van der Waals surface area contributed by atoms with Crippen LogP contribution in [0.3, 0.4) is 0 Å². The topological polar surface area (TPSA) is 95.6 Å². The smallest absolute Gasteiger partial charge is 0.246 e. The summed E-state index contributed by atoms with van der Waals surface area (Å²) >= 11 is 5.99. The Kier molecular flexibility index (Phi) is 7.59. The Morgan fingerprint density at radius 2 is 1.69 bits per heavy atom. The zero-order valence-electron chi connectivity index (χ0n) is 18.4.